The Hall–Kier alpha value is -0.130. The molecule has 1 unspecified atom stereocenters. The van der Waals surface area contributed by atoms with Crippen molar-refractivity contribution >= 4 is 10.0 Å². The molecule has 0 fully saturated rings. The van der Waals surface area contributed by atoms with E-state index in [1.54, 1.807) is 20.8 Å². The predicted molar refractivity (Wildman–Crippen MR) is 64.1 cm³/mol. The molecule has 0 saturated carbocycles. The van der Waals surface area contributed by atoms with E-state index in [-0.39, 0.29) is 11.8 Å². The van der Waals surface area contributed by atoms with Crippen LogP contribution in [0.4, 0.5) is 0 Å². The van der Waals surface area contributed by atoms with Crippen LogP contribution in [0.1, 0.15) is 41.0 Å². The summed E-state index contributed by atoms with van der Waals surface area (Å²) in [6.45, 7) is 9.40. The average Bonchev–Trinajstić information content (AvgIpc) is 1.99. The van der Waals surface area contributed by atoms with Gasteiger partial charge < -0.3 is 5.73 Å². The zero-order valence-electron chi connectivity index (χ0n) is 10.4. The molecule has 0 aromatic heterocycles. The maximum atomic E-state index is 11.7. The lowest BCUT2D eigenvalue weighted by molar-refractivity contribution is 0.386. The molecule has 0 spiro atoms. The van der Waals surface area contributed by atoms with Crippen molar-refractivity contribution in [2.75, 3.05) is 5.75 Å². The van der Waals surface area contributed by atoms with E-state index in [0.717, 1.165) is 0 Å². The van der Waals surface area contributed by atoms with Gasteiger partial charge in [0, 0.05) is 11.6 Å². The third-order valence-corrected chi connectivity index (χ3v) is 4.13. The smallest absolute Gasteiger partial charge is 0.212 e. The standard InChI is InChI=1S/C10H24N2O2S/c1-8(2)6-7-15(13,14)12-10(4,5)9(3)11/h8-9,12H,6-7,11H2,1-5H3. The molecule has 0 amide bonds. The molecule has 4 nitrogen and oxygen atoms in total. The van der Waals surface area contributed by atoms with Crippen molar-refractivity contribution in [2.45, 2.75) is 52.6 Å². The molecular weight excluding hydrogens is 212 g/mol. The van der Waals surface area contributed by atoms with Gasteiger partial charge in [-0.1, -0.05) is 13.8 Å². The minimum atomic E-state index is -3.21. The summed E-state index contributed by atoms with van der Waals surface area (Å²) in [5, 5.41) is 0. The first-order valence-corrected chi connectivity index (χ1v) is 6.99. The van der Waals surface area contributed by atoms with E-state index in [2.05, 4.69) is 4.72 Å². The molecule has 5 heteroatoms. The largest absolute Gasteiger partial charge is 0.326 e. The van der Waals surface area contributed by atoms with Crippen LogP contribution in [-0.4, -0.2) is 25.8 Å². The zero-order valence-corrected chi connectivity index (χ0v) is 11.2. The van der Waals surface area contributed by atoms with Crippen molar-refractivity contribution in [1.82, 2.24) is 4.72 Å². The van der Waals surface area contributed by atoms with E-state index < -0.39 is 15.6 Å². The van der Waals surface area contributed by atoms with E-state index in [9.17, 15) is 8.42 Å². The van der Waals surface area contributed by atoms with Crippen LogP contribution in [0.15, 0.2) is 0 Å². The zero-order chi connectivity index (χ0) is 12.3. The van der Waals surface area contributed by atoms with Crippen LogP contribution in [0, 0.1) is 5.92 Å². The van der Waals surface area contributed by atoms with Gasteiger partial charge in [0.25, 0.3) is 0 Å². The molecule has 0 saturated heterocycles. The number of nitrogens with one attached hydrogen (secondary N) is 1. The highest BCUT2D eigenvalue weighted by Crippen LogP contribution is 2.10. The van der Waals surface area contributed by atoms with Crippen molar-refractivity contribution in [2.24, 2.45) is 11.7 Å². The Balaban J connectivity index is 4.39. The van der Waals surface area contributed by atoms with Gasteiger partial charge >= 0.3 is 0 Å². The monoisotopic (exact) mass is 236 g/mol. The number of nitrogens with two attached hydrogens (primary N) is 1. The molecule has 0 aliphatic rings. The first-order valence-electron chi connectivity index (χ1n) is 5.34. The van der Waals surface area contributed by atoms with Gasteiger partial charge in [-0.15, -0.1) is 0 Å². The molecule has 3 N–H and O–H groups in total. The maximum Gasteiger partial charge on any atom is 0.212 e. The van der Waals surface area contributed by atoms with Crippen molar-refractivity contribution < 1.29 is 8.42 Å². The van der Waals surface area contributed by atoms with Gasteiger partial charge in [0.15, 0.2) is 0 Å². The highest BCUT2D eigenvalue weighted by Gasteiger charge is 2.28. The minimum Gasteiger partial charge on any atom is -0.326 e. The first kappa shape index (κ1) is 14.9. The number of hydrogen-bond donors (Lipinski definition) is 2. The summed E-state index contributed by atoms with van der Waals surface area (Å²) in [6.07, 6.45) is 0.671. The summed E-state index contributed by atoms with van der Waals surface area (Å²) >= 11 is 0. The molecule has 0 aliphatic heterocycles. The summed E-state index contributed by atoms with van der Waals surface area (Å²) in [7, 11) is -3.21. The molecular formula is C10H24N2O2S. The van der Waals surface area contributed by atoms with E-state index in [1.165, 1.54) is 0 Å². The molecule has 92 valence electrons. The average molecular weight is 236 g/mol. The summed E-state index contributed by atoms with van der Waals surface area (Å²) in [5.41, 5.74) is 5.12. The minimum absolute atomic E-state index is 0.167. The molecule has 0 aromatic carbocycles. The molecule has 15 heavy (non-hydrogen) atoms. The van der Waals surface area contributed by atoms with Gasteiger partial charge in [0.2, 0.25) is 10.0 Å². The summed E-state index contributed by atoms with van der Waals surface area (Å²) in [4.78, 5) is 0. The topological polar surface area (TPSA) is 72.2 Å². The molecule has 0 heterocycles. The van der Waals surface area contributed by atoms with Crippen molar-refractivity contribution in [1.29, 1.82) is 0 Å². The molecule has 0 rings (SSSR count). The quantitative estimate of drug-likeness (QED) is 0.725. The van der Waals surface area contributed by atoms with Crippen LogP contribution in [-0.2, 0) is 10.0 Å². The molecule has 0 bridgehead atoms. The Morgan fingerprint density at radius 1 is 1.27 bits per heavy atom. The third kappa shape index (κ3) is 6.12. The van der Waals surface area contributed by atoms with Crippen LogP contribution in [0.3, 0.4) is 0 Å². The van der Waals surface area contributed by atoms with Gasteiger partial charge in [-0.05, 0) is 33.1 Å². The van der Waals surface area contributed by atoms with E-state index >= 15 is 0 Å². The van der Waals surface area contributed by atoms with Gasteiger partial charge in [-0.25, -0.2) is 13.1 Å². The second kappa shape index (κ2) is 5.27. The summed E-state index contributed by atoms with van der Waals surface area (Å²) in [5.74, 6) is 0.556. The van der Waals surface area contributed by atoms with Crippen molar-refractivity contribution in [3.05, 3.63) is 0 Å². The van der Waals surface area contributed by atoms with Crippen molar-refractivity contribution in [3.63, 3.8) is 0 Å². The summed E-state index contributed by atoms with van der Waals surface area (Å²) < 4.78 is 26.0. The highest BCUT2D eigenvalue weighted by molar-refractivity contribution is 7.89. The Morgan fingerprint density at radius 3 is 2.07 bits per heavy atom. The lowest BCUT2D eigenvalue weighted by Gasteiger charge is -2.30. The Labute approximate surface area is 93.7 Å². The normalized spacial score (nSPS) is 15.7. The van der Waals surface area contributed by atoms with Crippen molar-refractivity contribution in [3.8, 4) is 0 Å². The lowest BCUT2D eigenvalue weighted by Crippen LogP contribution is -2.54. The van der Waals surface area contributed by atoms with E-state index in [0.29, 0.717) is 12.3 Å². The molecule has 0 aliphatic carbocycles. The SMILES string of the molecule is CC(C)CCS(=O)(=O)NC(C)(C)C(C)N. The summed E-state index contributed by atoms with van der Waals surface area (Å²) in [6, 6.07) is -0.216. The predicted octanol–water partition coefficient (Wildman–Crippen LogP) is 1.08. The van der Waals surface area contributed by atoms with E-state index in [4.69, 9.17) is 5.73 Å². The Morgan fingerprint density at radius 2 is 1.73 bits per heavy atom. The fourth-order valence-electron chi connectivity index (χ4n) is 0.936. The fraction of sp³-hybridized carbons (Fsp3) is 1.00. The second-order valence-electron chi connectivity index (χ2n) is 5.11. The van der Waals surface area contributed by atoms with Gasteiger partial charge in [0.05, 0.1) is 5.75 Å². The molecule has 0 radical (unpaired) electrons. The Kier molecular flexibility index (Phi) is 5.23. The van der Waals surface area contributed by atoms with Crippen LogP contribution in [0.25, 0.3) is 0 Å². The molecule has 1 atom stereocenters. The van der Waals surface area contributed by atoms with Gasteiger partial charge in [-0.3, -0.25) is 0 Å². The van der Waals surface area contributed by atoms with Gasteiger partial charge in [-0.2, -0.15) is 0 Å². The number of sulfonamides is 1. The third-order valence-electron chi connectivity index (χ3n) is 2.52. The second-order valence-corrected chi connectivity index (χ2v) is 6.96. The number of hydrogen-bond acceptors (Lipinski definition) is 3. The van der Waals surface area contributed by atoms with Gasteiger partial charge in [0.1, 0.15) is 0 Å². The van der Waals surface area contributed by atoms with Crippen LogP contribution >= 0.6 is 0 Å². The first-order chi connectivity index (χ1) is 6.57. The number of rotatable bonds is 6. The van der Waals surface area contributed by atoms with Crippen LogP contribution in [0.2, 0.25) is 0 Å². The van der Waals surface area contributed by atoms with Crippen LogP contribution in [0.5, 0.6) is 0 Å². The van der Waals surface area contributed by atoms with E-state index in [1.807, 2.05) is 13.8 Å². The Bertz CT molecular complexity index is 282. The highest BCUT2D eigenvalue weighted by atomic mass is 32.2. The lowest BCUT2D eigenvalue weighted by atomic mass is 9.99. The maximum absolute atomic E-state index is 11.7. The fourth-order valence-corrected chi connectivity index (χ4v) is 2.81. The van der Waals surface area contributed by atoms with Crippen LogP contribution < -0.4 is 10.5 Å². The molecule has 0 aromatic rings.